The summed E-state index contributed by atoms with van der Waals surface area (Å²) in [4.78, 5) is 0. The van der Waals surface area contributed by atoms with Crippen LogP contribution in [0.15, 0.2) is 36.5 Å². The van der Waals surface area contributed by atoms with Gasteiger partial charge in [-0.05, 0) is 24.6 Å². The molecule has 0 radical (unpaired) electrons. The summed E-state index contributed by atoms with van der Waals surface area (Å²) in [6, 6.07) is 0.353. The van der Waals surface area contributed by atoms with Crippen molar-refractivity contribution >= 4 is 0 Å². The first-order chi connectivity index (χ1) is 6.28. The zero-order valence-electron chi connectivity index (χ0n) is 8.34. The molecule has 1 N–H and O–H groups in total. The van der Waals surface area contributed by atoms with Crippen molar-refractivity contribution in [1.29, 1.82) is 0 Å². The molecule has 0 aromatic carbocycles. The van der Waals surface area contributed by atoms with Crippen molar-refractivity contribution in [1.82, 2.24) is 5.32 Å². The highest BCUT2D eigenvalue weighted by molar-refractivity contribution is 5.41. The minimum Gasteiger partial charge on any atom is -0.375 e. The van der Waals surface area contributed by atoms with Crippen LogP contribution in [0.4, 0.5) is 0 Å². The van der Waals surface area contributed by atoms with Crippen molar-refractivity contribution in [2.75, 3.05) is 14.2 Å². The first kappa shape index (κ1) is 10.2. The van der Waals surface area contributed by atoms with E-state index in [-0.39, 0.29) is 6.10 Å². The molecule has 0 aromatic heterocycles. The smallest absolute Gasteiger partial charge is 0.0979 e. The molecule has 0 aliphatic heterocycles. The Balaban J connectivity index is 2.92. The van der Waals surface area contributed by atoms with Gasteiger partial charge in [0.25, 0.3) is 0 Å². The predicted octanol–water partition coefficient (Wildman–Crippen LogP) is 1.66. The molecule has 0 saturated heterocycles. The SMILES string of the molecule is C=CC1=C(C=C)C(OC)C(NC)C1. The number of ether oxygens (including phenoxy) is 1. The lowest BCUT2D eigenvalue weighted by Gasteiger charge is -2.19. The second-order valence-corrected chi connectivity index (χ2v) is 3.14. The fraction of sp³-hybridized carbons (Fsp3) is 0.455. The van der Waals surface area contributed by atoms with Crippen LogP contribution in [0.5, 0.6) is 0 Å². The van der Waals surface area contributed by atoms with Crippen molar-refractivity contribution in [3.05, 3.63) is 36.5 Å². The van der Waals surface area contributed by atoms with E-state index in [1.165, 1.54) is 5.57 Å². The highest BCUT2D eigenvalue weighted by Gasteiger charge is 2.30. The number of allylic oxidation sites excluding steroid dienone is 1. The van der Waals surface area contributed by atoms with Crippen LogP contribution in [0, 0.1) is 0 Å². The van der Waals surface area contributed by atoms with Gasteiger partial charge in [0.1, 0.15) is 0 Å². The van der Waals surface area contributed by atoms with Gasteiger partial charge in [0.15, 0.2) is 0 Å². The molecule has 1 aliphatic carbocycles. The number of methoxy groups -OCH3 is 1. The third-order valence-corrected chi connectivity index (χ3v) is 2.57. The number of hydrogen-bond acceptors (Lipinski definition) is 2. The Kier molecular flexibility index (Phi) is 3.46. The van der Waals surface area contributed by atoms with Crippen molar-refractivity contribution < 1.29 is 4.74 Å². The molecule has 1 aliphatic rings. The quantitative estimate of drug-likeness (QED) is 0.708. The highest BCUT2D eigenvalue weighted by Crippen LogP contribution is 2.29. The number of nitrogens with one attached hydrogen (secondary N) is 1. The molecule has 0 bridgehead atoms. The zero-order chi connectivity index (χ0) is 9.84. The first-order valence-electron chi connectivity index (χ1n) is 4.46. The van der Waals surface area contributed by atoms with E-state index in [1.54, 1.807) is 7.11 Å². The molecular weight excluding hydrogens is 162 g/mol. The number of likely N-dealkylation sites (N-methyl/N-ethyl adjacent to an activating group) is 1. The third kappa shape index (κ3) is 1.74. The standard InChI is InChI=1S/C11H17NO/c1-5-8-7-10(12-3)11(13-4)9(8)6-2/h5-6,10-12H,1-2,7H2,3-4H3. The van der Waals surface area contributed by atoms with E-state index in [4.69, 9.17) is 4.74 Å². The Morgan fingerprint density at radius 3 is 2.54 bits per heavy atom. The summed E-state index contributed by atoms with van der Waals surface area (Å²) >= 11 is 0. The molecular formula is C11H17NO. The van der Waals surface area contributed by atoms with Crippen LogP contribution in [0.3, 0.4) is 0 Å². The maximum absolute atomic E-state index is 5.41. The van der Waals surface area contributed by atoms with Crippen LogP contribution < -0.4 is 5.32 Å². The lowest BCUT2D eigenvalue weighted by atomic mass is 10.1. The molecule has 0 fully saturated rings. The molecule has 2 heteroatoms. The second-order valence-electron chi connectivity index (χ2n) is 3.14. The Hall–Kier alpha value is -0.860. The number of hydrogen-bond donors (Lipinski definition) is 1. The van der Waals surface area contributed by atoms with Crippen molar-refractivity contribution in [2.24, 2.45) is 0 Å². The molecule has 72 valence electrons. The van der Waals surface area contributed by atoms with Gasteiger partial charge in [-0.25, -0.2) is 0 Å². The van der Waals surface area contributed by atoms with Crippen LogP contribution in [0.1, 0.15) is 6.42 Å². The van der Waals surface area contributed by atoms with Crippen LogP contribution in [0.2, 0.25) is 0 Å². The summed E-state index contributed by atoms with van der Waals surface area (Å²) in [6.07, 6.45) is 4.85. The Bertz CT molecular complexity index is 242. The van der Waals surface area contributed by atoms with Gasteiger partial charge in [-0.15, -0.1) is 0 Å². The van der Waals surface area contributed by atoms with E-state index < -0.39 is 0 Å². The lowest BCUT2D eigenvalue weighted by Crippen LogP contribution is -2.35. The van der Waals surface area contributed by atoms with Gasteiger partial charge in [-0.3, -0.25) is 0 Å². The Labute approximate surface area is 80.0 Å². The molecule has 0 amide bonds. The molecule has 0 spiro atoms. The summed E-state index contributed by atoms with van der Waals surface area (Å²) in [7, 11) is 3.67. The maximum atomic E-state index is 5.41. The van der Waals surface area contributed by atoms with E-state index in [2.05, 4.69) is 18.5 Å². The third-order valence-electron chi connectivity index (χ3n) is 2.57. The van der Waals surface area contributed by atoms with Crippen LogP contribution in [0.25, 0.3) is 0 Å². The van der Waals surface area contributed by atoms with E-state index in [0.717, 1.165) is 12.0 Å². The lowest BCUT2D eigenvalue weighted by molar-refractivity contribution is 0.111. The molecule has 0 aromatic rings. The van der Waals surface area contributed by atoms with Gasteiger partial charge < -0.3 is 10.1 Å². The maximum Gasteiger partial charge on any atom is 0.0979 e. The van der Waals surface area contributed by atoms with E-state index in [1.807, 2.05) is 19.2 Å². The average molecular weight is 179 g/mol. The van der Waals surface area contributed by atoms with Crippen molar-refractivity contribution in [2.45, 2.75) is 18.6 Å². The minimum atomic E-state index is 0.121. The molecule has 0 saturated carbocycles. The molecule has 13 heavy (non-hydrogen) atoms. The first-order valence-corrected chi connectivity index (χ1v) is 4.46. The average Bonchev–Trinajstić information content (AvgIpc) is 2.54. The van der Waals surface area contributed by atoms with Crippen molar-refractivity contribution in [3.63, 3.8) is 0 Å². The van der Waals surface area contributed by atoms with Gasteiger partial charge in [-0.1, -0.05) is 25.3 Å². The molecule has 2 unspecified atom stereocenters. The fourth-order valence-corrected chi connectivity index (χ4v) is 1.85. The monoisotopic (exact) mass is 179 g/mol. The normalized spacial score (nSPS) is 27.8. The van der Waals surface area contributed by atoms with Crippen LogP contribution in [-0.4, -0.2) is 26.3 Å². The highest BCUT2D eigenvalue weighted by atomic mass is 16.5. The largest absolute Gasteiger partial charge is 0.375 e. The molecule has 2 atom stereocenters. The molecule has 0 heterocycles. The summed E-state index contributed by atoms with van der Waals surface area (Å²) < 4.78 is 5.41. The van der Waals surface area contributed by atoms with Crippen LogP contribution >= 0.6 is 0 Å². The molecule has 1 rings (SSSR count). The van der Waals surface area contributed by atoms with Crippen molar-refractivity contribution in [3.8, 4) is 0 Å². The van der Waals surface area contributed by atoms with Gasteiger partial charge in [0, 0.05) is 13.2 Å². The number of rotatable bonds is 4. The van der Waals surface area contributed by atoms with E-state index >= 15 is 0 Å². The van der Waals surface area contributed by atoms with E-state index in [9.17, 15) is 0 Å². The Morgan fingerprint density at radius 2 is 2.15 bits per heavy atom. The summed E-state index contributed by atoms with van der Waals surface area (Å²) in [5.74, 6) is 0. The fourth-order valence-electron chi connectivity index (χ4n) is 1.85. The second kappa shape index (κ2) is 4.40. The zero-order valence-corrected chi connectivity index (χ0v) is 8.34. The minimum absolute atomic E-state index is 0.121. The predicted molar refractivity (Wildman–Crippen MR) is 55.7 cm³/mol. The molecule has 2 nitrogen and oxygen atoms in total. The summed E-state index contributed by atoms with van der Waals surface area (Å²) in [5, 5.41) is 3.23. The van der Waals surface area contributed by atoms with Gasteiger partial charge in [0.05, 0.1) is 6.10 Å². The summed E-state index contributed by atoms with van der Waals surface area (Å²) in [6.45, 7) is 7.58. The topological polar surface area (TPSA) is 21.3 Å². The Morgan fingerprint density at radius 1 is 1.46 bits per heavy atom. The van der Waals surface area contributed by atoms with Gasteiger partial charge in [0.2, 0.25) is 0 Å². The van der Waals surface area contributed by atoms with Gasteiger partial charge in [-0.2, -0.15) is 0 Å². The van der Waals surface area contributed by atoms with Gasteiger partial charge >= 0.3 is 0 Å². The van der Waals surface area contributed by atoms with E-state index in [0.29, 0.717) is 6.04 Å². The van der Waals surface area contributed by atoms with Crippen LogP contribution in [-0.2, 0) is 4.74 Å². The summed E-state index contributed by atoms with van der Waals surface area (Å²) in [5.41, 5.74) is 2.40.